The average Bonchev–Trinajstić information content (AvgIpc) is 2.58. The van der Waals surface area contributed by atoms with Gasteiger partial charge in [-0.15, -0.1) is 0 Å². The van der Waals surface area contributed by atoms with Gasteiger partial charge in [-0.25, -0.2) is 4.79 Å². The van der Waals surface area contributed by atoms with Crippen molar-refractivity contribution in [3.05, 3.63) is 35.9 Å². The Morgan fingerprint density at radius 2 is 1.44 bits per heavy atom. The van der Waals surface area contributed by atoms with Gasteiger partial charge in [0.1, 0.15) is 5.60 Å². The van der Waals surface area contributed by atoms with Gasteiger partial charge in [0, 0.05) is 13.0 Å². The first kappa shape index (κ1) is 22.5. The van der Waals surface area contributed by atoms with E-state index < -0.39 is 29.0 Å². The minimum atomic E-state index is -1.70. The molecular formula is C20H29NO6. The Morgan fingerprint density at radius 3 is 1.89 bits per heavy atom. The lowest BCUT2D eigenvalue weighted by molar-refractivity contribution is -0.171. The molecule has 1 N–H and O–H groups in total. The molecular weight excluding hydrogens is 350 g/mol. The Hall–Kier alpha value is -2.57. The zero-order valence-corrected chi connectivity index (χ0v) is 16.7. The van der Waals surface area contributed by atoms with Crippen LogP contribution in [0.3, 0.4) is 0 Å². The molecule has 0 fully saturated rings. The Bertz CT molecular complexity index is 618. The topological polar surface area (TPSA) is 90.9 Å². The van der Waals surface area contributed by atoms with Crippen LogP contribution in [0.1, 0.15) is 40.2 Å². The molecule has 0 saturated heterocycles. The highest BCUT2D eigenvalue weighted by atomic mass is 16.6. The van der Waals surface area contributed by atoms with E-state index in [1.54, 1.807) is 58.9 Å². The van der Waals surface area contributed by atoms with E-state index in [4.69, 9.17) is 14.2 Å². The SMILES string of the molecule is CCOC(=O)C(CNC(=O)OC(C)(C)C)(Cc1ccccc1)C(=O)OCC. The summed E-state index contributed by atoms with van der Waals surface area (Å²) in [4.78, 5) is 37.6. The molecule has 7 nitrogen and oxygen atoms in total. The molecule has 1 rings (SSSR count). The molecule has 0 saturated carbocycles. The third kappa shape index (κ3) is 6.92. The Balaban J connectivity index is 3.18. The van der Waals surface area contributed by atoms with Crippen molar-refractivity contribution in [1.82, 2.24) is 5.32 Å². The van der Waals surface area contributed by atoms with Gasteiger partial charge in [0.2, 0.25) is 0 Å². The summed E-state index contributed by atoms with van der Waals surface area (Å²) in [7, 11) is 0. The molecule has 0 unspecified atom stereocenters. The van der Waals surface area contributed by atoms with Crippen molar-refractivity contribution in [2.24, 2.45) is 5.41 Å². The van der Waals surface area contributed by atoms with E-state index in [2.05, 4.69) is 5.32 Å². The van der Waals surface area contributed by atoms with E-state index in [1.165, 1.54) is 0 Å². The summed E-state index contributed by atoms with van der Waals surface area (Å²) in [5.41, 5.74) is -1.67. The fourth-order valence-electron chi connectivity index (χ4n) is 2.45. The molecule has 0 radical (unpaired) electrons. The minimum absolute atomic E-state index is 0.0291. The number of hydrogen-bond acceptors (Lipinski definition) is 6. The summed E-state index contributed by atoms with van der Waals surface area (Å²) >= 11 is 0. The fourth-order valence-corrected chi connectivity index (χ4v) is 2.45. The van der Waals surface area contributed by atoms with Gasteiger partial charge in [0.25, 0.3) is 0 Å². The highest BCUT2D eigenvalue weighted by molar-refractivity contribution is 6.01. The summed E-state index contributed by atoms with van der Waals surface area (Å²) in [6.45, 7) is 8.37. The molecule has 0 aliphatic heterocycles. The molecule has 0 aromatic heterocycles. The molecule has 150 valence electrons. The number of nitrogens with one attached hydrogen (secondary N) is 1. The first-order valence-electron chi connectivity index (χ1n) is 9.00. The normalized spacial score (nSPS) is 11.4. The van der Waals surface area contributed by atoms with E-state index in [9.17, 15) is 14.4 Å². The molecule has 27 heavy (non-hydrogen) atoms. The number of amides is 1. The molecule has 0 aliphatic carbocycles. The zero-order chi connectivity index (χ0) is 20.5. The average molecular weight is 379 g/mol. The highest BCUT2D eigenvalue weighted by Gasteiger charge is 2.49. The van der Waals surface area contributed by atoms with Gasteiger partial charge < -0.3 is 19.5 Å². The maximum Gasteiger partial charge on any atom is 0.407 e. The molecule has 1 aromatic rings. The van der Waals surface area contributed by atoms with Crippen molar-refractivity contribution in [1.29, 1.82) is 0 Å². The maximum absolute atomic E-state index is 12.8. The molecule has 0 aliphatic rings. The molecule has 7 heteroatoms. The monoisotopic (exact) mass is 379 g/mol. The first-order valence-corrected chi connectivity index (χ1v) is 9.00. The second-order valence-corrected chi connectivity index (χ2v) is 7.04. The van der Waals surface area contributed by atoms with E-state index >= 15 is 0 Å². The van der Waals surface area contributed by atoms with Crippen molar-refractivity contribution in [2.75, 3.05) is 19.8 Å². The van der Waals surface area contributed by atoms with Crippen molar-refractivity contribution in [3.8, 4) is 0 Å². The lowest BCUT2D eigenvalue weighted by Gasteiger charge is -2.30. The van der Waals surface area contributed by atoms with Crippen LogP contribution in [0.15, 0.2) is 30.3 Å². The minimum Gasteiger partial charge on any atom is -0.465 e. The van der Waals surface area contributed by atoms with Gasteiger partial charge in [-0.1, -0.05) is 30.3 Å². The van der Waals surface area contributed by atoms with Gasteiger partial charge in [0.05, 0.1) is 13.2 Å². The van der Waals surface area contributed by atoms with Crippen LogP contribution in [0.5, 0.6) is 0 Å². The first-order chi connectivity index (χ1) is 12.6. The van der Waals surface area contributed by atoms with Gasteiger partial charge in [0.15, 0.2) is 5.41 Å². The van der Waals surface area contributed by atoms with Crippen molar-refractivity contribution >= 4 is 18.0 Å². The van der Waals surface area contributed by atoms with E-state index in [1.807, 2.05) is 6.07 Å². The van der Waals surface area contributed by atoms with Crippen LogP contribution in [-0.4, -0.2) is 43.4 Å². The van der Waals surface area contributed by atoms with Crippen LogP contribution >= 0.6 is 0 Å². The summed E-state index contributed by atoms with van der Waals surface area (Å²) in [6.07, 6.45) is -0.699. The maximum atomic E-state index is 12.8. The highest BCUT2D eigenvalue weighted by Crippen LogP contribution is 2.27. The Kier molecular flexibility index (Phi) is 8.28. The summed E-state index contributed by atoms with van der Waals surface area (Å²) < 4.78 is 15.5. The van der Waals surface area contributed by atoms with Gasteiger partial charge in [-0.05, 0) is 40.2 Å². The second kappa shape index (κ2) is 9.94. The number of hydrogen-bond donors (Lipinski definition) is 1. The van der Waals surface area contributed by atoms with Gasteiger partial charge in [-0.2, -0.15) is 0 Å². The van der Waals surface area contributed by atoms with Crippen LogP contribution in [0, 0.1) is 5.41 Å². The van der Waals surface area contributed by atoms with Crippen LogP contribution in [0.25, 0.3) is 0 Å². The quantitative estimate of drug-likeness (QED) is 0.424. The third-order valence-electron chi connectivity index (χ3n) is 3.61. The lowest BCUT2D eigenvalue weighted by Crippen LogP contribution is -2.52. The predicted octanol–water partition coefficient (Wildman–Crippen LogP) is 2.87. The lowest BCUT2D eigenvalue weighted by atomic mass is 9.81. The fraction of sp³-hybridized carbons (Fsp3) is 0.550. The van der Waals surface area contributed by atoms with Gasteiger partial charge >= 0.3 is 18.0 Å². The van der Waals surface area contributed by atoms with Crippen LogP contribution in [0.2, 0.25) is 0 Å². The number of esters is 2. The summed E-state index contributed by atoms with van der Waals surface area (Å²) in [5, 5.41) is 2.52. The molecule has 1 aromatic carbocycles. The van der Waals surface area contributed by atoms with Crippen molar-refractivity contribution < 1.29 is 28.6 Å². The molecule has 0 atom stereocenters. The standard InChI is InChI=1S/C20H29NO6/c1-6-25-16(22)20(17(23)26-7-2,13-15-11-9-8-10-12-15)14-21-18(24)27-19(3,4)5/h8-12H,6-7,13-14H2,1-5H3,(H,21,24). The van der Waals surface area contributed by atoms with Crippen LogP contribution in [0.4, 0.5) is 4.79 Å². The zero-order valence-electron chi connectivity index (χ0n) is 16.7. The van der Waals surface area contributed by atoms with Gasteiger partial charge in [-0.3, -0.25) is 9.59 Å². The predicted molar refractivity (Wildman–Crippen MR) is 100 cm³/mol. The van der Waals surface area contributed by atoms with E-state index in [0.29, 0.717) is 0 Å². The van der Waals surface area contributed by atoms with E-state index in [-0.39, 0.29) is 26.2 Å². The number of carbonyl (C=O) groups is 3. The largest absolute Gasteiger partial charge is 0.465 e. The second-order valence-electron chi connectivity index (χ2n) is 7.04. The molecule has 0 spiro atoms. The number of alkyl carbamates (subject to hydrolysis) is 1. The molecule has 0 bridgehead atoms. The smallest absolute Gasteiger partial charge is 0.407 e. The Morgan fingerprint density at radius 1 is 0.926 bits per heavy atom. The van der Waals surface area contributed by atoms with Crippen molar-refractivity contribution in [2.45, 2.75) is 46.6 Å². The molecule has 0 heterocycles. The van der Waals surface area contributed by atoms with E-state index in [0.717, 1.165) is 5.56 Å². The number of rotatable bonds is 8. The van der Waals surface area contributed by atoms with Crippen molar-refractivity contribution in [3.63, 3.8) is 0 Å². The van der Waals surface area contributed by atoms with Crippen LogP contribution in [-0.2, 0) is 30.2 Å². The number of carbonyl (C=O) groups excluding carboxylic acids is 3. The summed E-state index contributed by atoms with van der Waals surface area (Å²) in [5.74, 6) is -1.49. The third-order valence-corrected chi connectivity index (χ3v) is 3.61. The Labute approximate surface area is 160 Å². The molecule has 1 amide bonds. The number of ether oxygens (including phenoxy) is 3. The summed E-state index contributed by atoms with van der Waals surface area (Å²) in [6, 6.07) is 9.02. The number of benzene rings is 1. The van der Waals surface area contributed by atoms with Crippen LogP contribution < -0.4 is 5.32 Å².